The highest BCUT2D eigenvalue weighted by Crippen LogP contribution is 2.22. The van der Waals surface area contributed by atoms with E-state index in [1.54, 1.807) is 0 Å². The number of hydrogen-bond donors (Lipinski definition) is 1. The Bertz CT molecular complexity index is 627. The zero-order valence-electron chi connectivity index (χ0n) is 13.8. The van der Waals surface area contributed by atoms with Crippen LogP contribution in [0.2, 0.25) is 0 Å². The molecule has 0 aliphatic carbocycles. The van der Waals surface area contributed by atoms with E-state index in [1.807, 2.05) is 32.9 Å². The first-order valence-corrected chi connectivity index (χ1v) is 7.42. The number of carbonyl (C=O) groups is 2. The number of esters is 1. The average molecular weight is 319 g/mol. The fraction of sp³-hybridized carbons (Fsp3) is 0.412. The topological polar surface area (TPSA) is 73.9 Å². The van der Waals surface area contributed by atoms with Gasteiger partial charge in [0.15, 0.2) is 6.10 Å². The number of anilines is 1. The maximum Gasteiger partial charge on any atom is 0.377 e. The van der Waals surface area contributed by atoms with E-state index in [-0.39, 0.29) is 12.4 Å². The Morgan fingerprint density at radius 3 is 2.39 bits per heavy atom. The monoisotopic (exact) mass is 319 g/mol. The molecule has 1 aromatic carbocycles. The molecule has 1 atom stereocenters. The molecule has 0 saturated heterocycles. The van der Waals surface area contributed by atoms with Crippen LogP contribution in [0.15, 0.2) is 24.2 Å². The zero-order chi connectivity index (χ0) is 17.0. The lowest BCUT2D eigenvalue weighted by atomic mass is 10.0. The van der Waals surface area contributed by atoms with Gasteiger partial charge in [-0.3, -0.25) is 4.79 Å². The molecule has 124 valence electrons. The van der Waals surface area contributed by atoms with Crippen molar-refractivity contribution in [2.24, 2.45) is 0 Å². The molecule has 23 heavy (non-hydrogen) atoms. The lowest BCUT2D eigenvalue weighted by molar-refractivity contribution is -0.153. The highest BCUT2D eigenvalue weighted by molar-refractivity contribution is 5.97. The van der Waals surface area contributed by atoms with Crippen LogP contribution in [0.25, 0.3) is 0 Å². The molecule has 2 rings (SSSR count). The first-order valence-electron chi connectivity index (χ1n) is 7.42. The Labute approximate surface area is 135 Å². The number of amides is 1. The van der Waals surface area contributed by atoms with E-state index in [9.17, 15) is 9.59 Å². The third-order valence-corrected chi connectivity index (χ3v) is 3.43. The summed E-state index contributed by atoms with van der Waals surface area (Å²) in [5.41, 5.74) is 3.78. The molecular formula is C17H21NO5. The molecule has 0 fully saturated rings. The summed E-state index contributed by atoms with van der Waals surface area (Å²) in [5, 5.41) is 2.81. The summed E-state index contributed by atoms with van der Waals surface area (Å²) < 4.78 is 15.2. The van der Waals surface area contributed by atoms with Gasteiger partial charge in [0.2, 0.25) is 5.76 Å². The van der Waals surface area contributed by atoms with Crippen molar-refractivity contribution in [1.82, 2.24) is 0 Å². The van der Waals surface area contributed by atoms with Gasteiger partial charge in [0, 0.05) is 5.69 Å². The first-order chi connectivity index (χ1) is 10.9. The molecule has 0 saturated carbocycles. The summed E-state index contributed by atoms with van der Waals surface area (Å²) in [6.45, 7) is 8.02. The largest absolute Gasteiger partial charge is 0.493 e. The molecule has 1 aromatic rings. The number of benzene rings is 1. The second-order valence-electron chi connectivity index (χ2n) is 5.51. The smallest absolute Gasteiger partial charge is 0.377 e. The van der Waals surface area contributed by atoms with Gasteiger partial charge in [-0.2, -0.15) is 0 Å². The normalized spacial score (nSPS) is 14.9. The second kappa shape index (κ2) is 7.17. The number of ether oxygens (including phenoxy) is 3. The molecule has 6 heteroatoms. The van der Waals surface area contributed by atoms with Crippen molar-refractivity contribution in [3.05, 3.63) is 40.8 Å². The van der Waals surface area contributed by atoms with Crippen LogP contribution in [0.4, 0.5) is 5.69 Å². The van der Waals surface area contributed by atoms with Crippen LogP contribution in [0, 0.1) is 20.8 Å². The van der Waals surface area contributed by atoms with E-state index in [1.165, 1.54) is 13.2 Å². The van der Waals surface area contributed by atoms with E-state index in [4.69, 9.17) is 14.2 Å². The maximum absolute atomic E-state index is 12.2. The van der Waals surface area contributed by atoms with Gasteiger partial charge in [-0.05, 0) is 38.8 Å². The van der Waals surface area contributed by atoms with Crippen molar-refractivity contribution >= 4 is 17.6 Å². The van der Waals surface area contributed by atoms with Gasteiger partial charge in [-0.15, -0.1) is 0 Å². The van der Waals surface area contributed by atoms with Gasteiger partial charge in [-0.1, -0.05) is 17.7 Å². The minimum atomic E-state index is -0.950. The van der Waals surface area contributed by atoms with E-state index in [0.717, 1.165) is 22.4 Å². The summed E-state index contributed by atoms with van der Waals surface area (Å²) >= 11 is 0. The molecule has 0 bridgehead atoms. The van der Waals surface area contributed by atoms with Crippen LogP contribution < -0.4 is 5.32 Å². The fourth-order valence-electron chi connectivity index (χ4n) is 2.35. The number of aryl methyl sites for hydroxylation is 3. The number of nitrogens with one attached hydrogen (secondary N) is 1. The van der Waals surface area contributed by atoms with Crippen LogP contribution >= 0.6 is 0 Å². The Morgan fingerprint density at radius 2 is 1.83 bits per heavy atom. The molecule has 1 heterocycles. The summed E-state index contributed by atoms with van der Waals surface area (Å²) in [5.74, 6) is -1.14. The molecule has 0 spiro atoms. The molecule has 0 aromatic heterocycles. The first kappa shape index (κ1) is 16.9. The number of hydrogen-bond acceptors (Lipinski definition) is 5. The molecule has 1 N–H and O–H groups in total. The van der Waals surface area contributed by atoms with E-state index < -0.39 is 18.0 Å². The van der Waals surface area contributed by atoms with Gasteiger partial charge in [0.1, 0.15) is 19.5 Å². The Morgan fingerprint density at radius 1 is 1.17 bits per heavy atom. The molecule has 6 nitrogen and oxygen atoms in total. The fourth-order valence-corrected chi connectivity index (χ4v) is 2.35. The Hall–Kier alpha value is -2.50. The van der Waals surface area contributed by atoms with E-state index >= 15 is 0 Å². The average Bonchev–Trinajstić information content (AvgIpc) is 2.51. The lowest BCUT2D eigenvalue weighted by Crippen LogP contribution is -2.31. The van der Waals surface area contributed by atoms with Crippen molar-refractivity contribution in [3.8, 4) is 0 Å². The predicted molar refractivity (Wildman–Crippen MR) is 84.8 cm³/mol. The van der Waals surface area contributed by atoms with Crippen LogP contribution in [0.5, 0.6) is 0 Å². The summed E-state index contributed by atoms with van der Waals surface area (Å²) in [7, 11) is 0. The maximum atomic E-state index is 12.2. The second-order valence-corrected chi connectivity index (χ2v) is 5.51. The molecule has 0 unspecified atom stereocenters. The van der Waals surface area contributed by atoms with Crippen molar-refractivity contribution < 1.29 is 23.8 Å². The Kier molecular flexibility index (Phi) is 5.26. The van der Waals surface area contributed by atoms with Gasteiger partial charge >= 0.3 is 5.97 Å². The van der Waals surface area contributed by atoms with Crippen molar-refractivity contribution in [3.63, 3.8) is 0 Å². The Balaban J connectivity index is 2.00. The van der Waals surface area contributed by atoms with Gasteiger partial charge in [0.25, 0.3) is 5.91 Å². The van der Waals surface area contributed by atoms with Crippen LogP contribution in [0.1, 0.15) is 23.6 Å². The summed E-state index contributed by atoms with van der Waals surface area (Å²) in [4.78, 5) is 24.1. The number of rotatable bonds is 4. The summed E-state index contributed by atoms with van der Waals surface area (Å²) in [6.07, 6.45) is 0.249. The van der Waals surface area contributed by atoms with Gasteiger partial charge in [0.05, 0.1) is 0 Å². The zero-order valence-corrected chi connectivity index (χ0v) is 13.8. The number of carbonyl (C=O) groups excluding carboxylic acids is 2. The molecule has 1 aliphatic heterocycles. The predicted octanol–water partition coefficient (Wildman–Crippen LogP) is 2.37. The standard InChI is InChI=1S/C17H21NO5/c1-10-7-11(2)15(12(3)8-10)18-16(19)13(4)23-17(20)14-9-21-5-6-22-14/h7-9,13H,5-6H2,1-4H3,(H,18,19)/t13-/m0/s1. The third-order valence-electron chi connectivity index (χ3n) is 3.43. The summed E-state index contributed by atoms with van der Waals surface area (Å²) in [6, 6.07) is 3.97. The van der Waals surface area contributed by atoms with Crippen LogP contribution in [0.3, 0.4) is 0 Å². The molecule has 1 amide bonds. The van der Waals surface area contributed by atoms with Gasteiger partial charge in [-0.25, -0.2) is 4.79 Å². The van der Waals surface area contributed by atoms with Crippen molar-refractivity contribution in [2.45, 2.75) is 33.8 Å². The quantitative estimate of drug-likeness (QED) is 0.863. The third kappa shape index (κ3) is 4.25. The van der Waals surface area contributed by atoms with Crippen molar-refractivity contribution in [1.29, 1.82) is 0 Å². The lowest BCUT2D eigenvalue weighted by Gasteiger charge is -2.18. The molecule has 1 aliphatic rings. The van der Waals surface area contributed by atoms with E-state index in [0.29, 0.717) is 6.61 Å². The van der Waals surface area contributed by atoms with Crippen LogP contribution in [-0.4, -0.2) is 31.2 Å². The highest BCUT2D eigenvalue weighted by Gasteiger charge is 2.24. The van der Waals surface area contributed by atoms with E-state index in [2.05, 4.69) is 5.32 Å². The molecular weight excluding hydrogens is 298 g/mol. The van der Waals surface area contributed by atoms with Gasteiger partial charge < -0.3 is 19.5 Å². The molecule has 0 radical (unpaired) electrons. The highest BCUT2D eigenvalue weighted by atomic mass is 16.6. The minimum Gasteiger partial charge on any atom is -0.493 e. The SMILES string of the molecule is Cc1cc(C)c(NC(=O)[C@H](C)OC(=O)C2=COCCO2)c(C)c1. The van der Waals surface area contributed by atoms with Crippen molar-refractivity contribution in [2.75, 3.05) is 18.5 Å². The van der Waals surface area contributed by atoms with Crippen LogP contribution in [-0.2, 0) is 23.8 Å². The minimum absolute atomic E-state index is 0.0291.